The van der Waals surface area contributed by atoms with E-state index >= 15 is 0 Å². The van der Waals surface area contributed by atoms with Crippen molar-refractivity contribution in [3.8, 4) is 0 Å². The van der Waals surface area contributed by atoms with Gasteiger partial charge in [0.05, 0.1) is 30.2 Å². The van der Waals surface area contributed by atoms with Crippen molar-refractivity contribution in [2.45, 2.75) is 46.0 Å². The van der Waals surface area contributed by atoms with Gasteiger partial charge in [-0.2, -0.15) is 5.10 Å². The SMILES string of the molecule is Cc1nn(C)c(C)c1NC(=O)C[NH+]1CC[C@@H]2CCCC[C@@H]2C1. The molecule has 1 unspecified atom stereocenters. The minimum atomic E-state index is 0.128. The summed E-state index contributed by atoms with van der Waals surface area (Å²) in [4.78, 5) is 13.8. The molecule has 5 heteroatoms. The van der Waals surface area contributed by atoms with Gasteiger partial charge in [-0.25, -0.2) is 0 Å². The number of anilines is 1. The van der Waals surface area contributed by atoms with E-state index in [9.17, 15) is 4.79 Å². The first-order valence-corrected chi connectivity index (χ1v) is 8.68. The number of nitrogens with zero attached hydrogens (tertiary/aromatic N) is 2. The Balaban J connectivity index is 1.56. The summed E-state index contributed by atoms with van der Waals surface area (Å²) < 4.78 is 1.82. The van der Waals surface area contributed by atoms with Gasteiger partial charge in [0.1, 0.15) is 0 Å². The van der Waals surface area contributed by atoms with E-state index in [4.69, 9.17) is 0 Å². The Morgan fingerprint density at radius 2 is 2.00 bits per heavy atom. The Labute approximate surface area is 133 Å². The Hall–Kier alpha value is -1.36. The summed E-state index contributed by atoms with van der Waals surface area (Å²) in [6.45, 7) is 6.87. The number of hydrogen-bond donors (Lipinski definition) is 2. The highest BCUT2D eigenvalue weighted by atomic mass is 16.2. The Morgan fingerprint density at radius 3 is 2.68 bits per heavy atom. The van der Waals surface area contributed by atoms with Gasteiger partial charge in [-0.1, -0.05) is 12.8 Å². The predicted octanol–water partition coefficient (Wildman–Crippen LogP) is 1.07. The van der Waals surface area contributed by atoms with Crippen LogP contribution in [-0.4, -0.2) is 35.3 Å². The van der Waals surface area contributed by atoms with Gasteiger partial charge in [-0.15, -0.1) is 0 Å². The number of piperidine rings is 1. The molecular weight excluding hydrogens is 276 g/mol. The number of amides is 1. The number of rotatable bonds is 3. The van der Waals surface area contributed by atoms with Crippen LogP contribution >= 0.6 is 0 Å². The molecule has 0 aromatic carbocycles. The number of carbonyl (C=O) groups is 1. The molecule has 1 saturated heterocycles. The van der Waals surface area contributed by atoms with Crippen LogP contribution < -0.4 is 10.2 Å². The lowest BCUT2D eigenvalue weighted by Crippen LogP contribution is -3.15. The van der Waals surface area contributed by atoms with Gasteiger partial charge >= 0.3 is 0 Å². The minimum absolute atomic E-state index is 0.128. The fraction of sp³-hybridized carbons (Fsp3) is 0.765. The highest BCUT2D eigenvalue weighted by Crippen LogP contribution is 2.32. The molecule has 3 rings (SSSR count). The predicted molar refractivity (Wildman–Crippen MR) is 86.9 cm³/mol. The first-order valence-electron chi connectivity index (χ1n) is 8.68. The lowest BCUT2D eigenvalue weighted by molar-refractivity contribution is -0.902. The van der Waals surface area contributed by atoms with E-state index in [0.29, 0.717) is 6.54 Å². The average molecular weight is 305 g/mol. The van der Waals surface area contributed by atoms with E-state index in [1.165, 1.54) is 43.5 Å². The maximum absolute atomic E-state index is 12.4. The summed E-state index contributed by atoms with van der Waals surface area (Å²) in [5, 5.41) is 7.44. The molecule has 0 bridgehead atoms. The summed E-state index contributed by atoms with van der Waals surface area (Å²) in [6.07, 6.45) is 6.89. The van der Waals surface area contributed by atoms with Crippen molar-refractivity contribution in [1.82, 2.24) is 9.78 Å². The summed E-state index contributed by atoms with van der Waals surface area (Å²) in [7, 11) is 1.91. The average Bonchev–Trinajstić information content (AvgIpc) is 2.73. The van der Waals surface area contributed by atoms with E-state index in [2.05, 4.69) is 10.4 Å². The van der Waals surface area contributed by atoms with E-state index in [1.807, 2.05) is 25.6 Å². The molecule has 0 spiro atoms. The van der Waals surface area contributed by atoms with E-state index in [0.717, 1.165) is 35.5 Å². The summed E-state index contributed by atoms with van der Waals surface area (Å²) in [5.41, 5.74) is 2.81. The van der Waals surface area contributed by atoms with Crippen LogP contribution in [0.1, 0.15) is 43.5 Å². The highest BCUT2D eigenvalue weighted by Gasteiger charge is 2.34. The monoisotopic (exact) mass is 305 g/mol. The molecule has 2 fully saturated rings. The van der Waals surface area contributed by atoms with Gasteiger partial charge in [0.25, 0.3) is 5.91 Å². The third kappa shape index (κ3) is 3.19. The number of quaternary nitrogens is 1. The van der Waals surface area contributed by atoms with Crippen LogP contribution in [0.4, 0.5) is 5.69 Å². The third-order valence-electron chi connectivity index (χ3n) is 5.67. The van der Waals surface area contributed by atoms with Crippen LogP contribution in [-0.2, 0) is 11.8 Å². The fourth-order valence-electron chi connectivity index (χ4n) is 4.32. The van der Waals surface area contributed by atoms with Crippen molar-refractivity contribution in [3.63, 3.8) is 0 Å². The summed E-state index contributed by atoms with van der Waals surface area (Å²) in [6, 6.07) is 0. The molecule has 1 aliphatic heterocycles. The highest BCUT2D eigenvalue weighted by molar-refractivity contribution is 5.92. The second kappa shape index (κ2) is 6.41. The van der Waals surface area contributed by atoms with Crippen LogP contribution in [0.2, 0.25) is 0 Å². The molecule has 22 heavy (non-hydrogen) atoms. The first kappa shape index (κ1) is 15.5. The number of aryl methyl sites for hydroxylation is 2. The molecule has 5 nitrogen and oxygen atoms in total. The van der Waals surface area contributed by atoms with E-state index in [1.54, 1.807) is 0 Å². The van der Waals surface area contributed by atoms with E-state index in [-0.39, 0.29) is 5.91 Å². The summed E-state index contributed by atoms with van der Waals surface area (Å²) >= 11 is 0. The third-order valence-corrected chi connectivity index (χ3v) is 5.67. The number of carbonyl (C=O) groups excluding carboxylic acids is 1. The maximum atomic E-state index is 12.4. The molecule has 2 heterocycles. The van der Waals surface area contributed by atoms with Crippen molar-refractivity contribution in [2.24, 2.45) is 18.9 Å². The molecule has 2 aliphatic rings. The number of aromatic nitrogens is 2. The van der Waals surface area contributed by atoms with Gasteiger partial charge in [0.15, 0.2) is 6.54 Å². The second-order valence-corrected chi connectivity index (χ2v) is 7.19. The van der Waals surface area contributed by atoms with Crippen molar-refractivity contribution >= 4 is 11.6 Å². The molecule has 1 aromatic rings. The zero-order valence-corrected chi connectivity index (χ0v) is 14.1. The normalized spacial score (nSPS) is 28.2. The molecular formula is C17H29N4O+. The van der Waals surface area contributed by atoms with Gasteiger partial charge < -0.3 is 10.2 Å². The molecule has 122 valence electrons. The standard InChI is InChI=1S/C17H28N4O/c1-12-17(13(2)20(3)19-12)18-16(22)11-21-9-8-14-6-4-5-7-15(14)10-21/h14-15H,4-11H2,1-3H3,(H,18,22)/p+1/t14-,15+/m0/s1. The van der Waals surface area contributed by atoms with Crippen LogP contribution in [0.5, 0.6) is 0 Å². The van der Waals surface area contributed by atoms with Crippen LogP contribution in [0, 0.1) is 25.7 Å². The molecule has 0 radical (unpaired) electrons. The molecule has 3 atom stereocenters. The lowest BCUT2D eigenvalue weighted by atomic mass is 9.75. The van der Waals surface area contributed by atoms with Gasteiger partial charge in [0.2, 0.25) is 0 Å². The number of nitrogens with one attached hydrogen (secondary N) is 2. The van der Waals surface area contributed by atoms with E-state index < -0.39 is 0 Å². The first-order chi connectivity index (χ1) is 10.5. The van der Waals surface area contributed by atoms with Crippen molar-refractivity contribution in [3.05, 3.63) is 11.4 Å². The van der Waals surface area contributed by atoms with Gasteiger partial charge in [-0.3, -0.25) is 9.48 Å². The van der Waals surface area contributed by atoms with Crippen molar-refractivity contribution < 1.29 is 9.69 Å². The number of likely N-dealkylation sites (tertiary alicyclic amines) is 1. The zero-order chi connectivity index (χ0) is 15.7. The number of hydrogen-bond acceptors (Lipinski definition) is 2. The van der Waals surface area contributed by atoms with Gasteiger partial charge in [-0.05, 0) is 39.0 Å². The van der Waals surface area contributed by atoms with Crippen LogP contribution in [0.3, 0.4) is 0 Å². The Morgan fingerprint density at radius 1 is 1.27 bits per heavy atom. The minimum Gasteiger partial charge on any atom is -0.327 e. The second-order valence-electron chi connectivity index (χ2n) is 7.19. The molecule has 2 N–H and O–H groups in total. The van der Waals surface area contributed by atoms with Gasteiger partial charge in [0, 0.05) is 13.0 Å². The van der Waals surface area contributed by atoms with Crippen LogP contribution in [0.25, 0.3) is 0 Å². The topological polar surface area (TPSA) is 51.4 Å². The fourth-order valence-corrected chi connectivity index (χ4v) is 4.32. The summed E-state index contributed by atoms with van der Waals surface area (Å²) in [5.74, 6) is 1.92. The van der Waals surface area contributed by atoms with Crippen molar-refractivity contribution in [1.29, 1.82) is 0 Å². The quantitative estimate of drug-likeness (QED) is 0.878. The molecule has 1 aromatic heterocycles. The molecule has 1 saturated carbocycles. The largest absolute Gasteiger partial charge is 0.327 e. The maximum Gasteiger partial charge on any atom is 0.279 e. The molecule has 1 amide bonds. The smallest absolute Gasteiger partial charge is 0.279 e. The van der Waals surface area contributed by atoms with Crippen molar-refractivity contribution in [2.75, 3.05) is 25.0 Å². The Kier molecular flexibility index (Phi) is 4.52. The lowest BCUT2D eigenvalue weighted by Gasteiger charge is -2.38. The van der Waals surface area contributed by atoms with Crippen LogP contribution in [0.15, 0.2) is 0 Å². The Bertz CT molecular complexity index is 551. The molecule has 1 aliphatic carbocycles. The zero-order valence-electron chi connectivity index (χ0n) is 14.1. The number of fused-ring (bicyclic) bond motifs is 1.